The molecule has 0 aromatic carbocycles. The van der Waals surface area contributed by atoms with Crippen LogP contribution in [0, 0.1) is 12.8 Å². The molecule has 1 aromatic heterocycles. The zero-order valence-electron chi connectivity index (χ0n) is 9.50. The van der Waals surface area contributed by atoms with Crippen molar-refractivity contribution in [2.45, 2.75) is 40.2 Å². The molecule has 0 bridgehead atoms. The minimum Gasteiger partial charge on any atom is -0.314 e. The maximum absolute atomic E-state index is 4.49. The van der Waals surface area contributed by atoms with Gasteiger partial charge in [0.1, 0.15) is 0 Å². The summed E-state index contributed by atoms with van der Waals surface area (Å²) in [7, 11) is 0. The second-order valence-corrected chi connectivity index (χ2v) is 5.03. The first-order valence-electron chi connectivity index (χ1n) is 5.27. The quantitative estimate of drug-likeness (QED) is 0.811. The molecule has 14 heavy (non-hydrogen) atoms. The van der Waals surface area contributed by atoms with Gasteiger partial charge in [-0.25, -0.2) is 4.98 Å². The molecule has 0 spiro atoms. The Morgan fingerprint density at radius 1 is 1.50 bits per heavy atom. The van der Waals surface area contributed by atoms with E-state index >= 15 is 0 Å². The normalized spacial score (nSPS) is 13.5. The van der Waals surface area contributed by atoms with Crippen molar-refractivity contribution in [3.05, 3.63) is 16.1 Å². The molecule has 1 atom stereocenters. The van der Waals surface area contributed by atoms with Gasteiger partial charge in [-0.3, -0.25) is 0 Å². The highest BCUT2D eigenvalue weighted by Gasteiger charge is 2.13. The highest BCUT2D eigenvalue weighted by Crippen LogP contribution is 2.13. The lowest BCUT2D eigenvalue weighted by Crippen LogP contribution is -2.35. The van der Waals surface area contributed by atoms with Crippen molar-refractivity contribution < 1.29 is 0 Å². The molecule has 0 aliphatic carbocycles. The molecule has 0 aliphatic heterocycles. The Bertz CT molecular complexity index is 268. The molecule has 3 heteroatoms. The maximum Gasteiger partial charge on any atom is 0.0897 e. The van der Waals surface area contributed by atoms with E-state index < -0.39 is 0 Å². The zero-order valence-corrected chi connectivity index (χ0v) is 10.3. The number of hydrogen-bond acceptors (Lipinski definition) is 3. The summed E-state index contributed by atoms with van der Waals surface area (Å²) in [4.78, 5) is 4.49. The number of aryl methyl sites for hydroxylation is 1. The van der Waals surface area contributed by atoms with E-state index in [0.717, 1.165) is 13.0 Å². The molecule has 1 aromatic rings. The fourth-order valence-electron chi connectivity index (χ4n) is 1.53. The minimum absolute atomic E-state index is 0.557. The molecule has 0 saturated heterocycles. The first-order chi connectivity index (χ1) is 6.63. The van der Waals surface area contributed by atoms with Crippen LogP contribution in [0.25, 0.3) is 0 Å². The van der Waals surface area contributed by atoms with Crippen molar-refractivity contribution in [3.8, 4) is 0 Å². The van der Waals surface area contributed by atoms with E-state index in [2.05, 4.69) is 43.4 Å². The van der Waals surface area contributed by atoms with Gasteiger partial charge in [-0.05, 0) is 19.4 Å². The predicted octanol–water partition coefficient (Wildman–Crippen LogP) is 2.63. The molecule has 80 valence electrons. The van der Waals surface area contributed by atoms with Crippen LogP contribution in [0.1, 0.15) is 31.5 Å². The largest absolute Gasteiger partial charge is 0.314 e. The van der Waals surface area contributed by atoms with Crippen molar-refractivity contribution in [3.63, 3.8) is 0 Å². The molecule has 1 rings (SSSR count). The fraction of sp³-hybridized carbons (Fsp3) is 0.727. The van der Waals surface area contributed by atoms with Gasteiger partial charge in [0.2, 0.25) is 0 Å². The first kappa shape index (κ1) is 11.7. The summed E-state index contributed by atoms with van der Waals surface area (Å²) in [6, 6.07) is 0.557. The van der Waals surface area contributed by atoms with Crippen LogP contribution in [0.15, 0.2) is 5.38 Å². The van der Waals surface area contributed by atoms with Gasteiger partial charge in [0.25, 0.3) is 0 Å². The standard InChI is InChI=1S/C11H20N2S/c1-5-12-11(8(2)3)6-10-7-14-9(4)13-10/h7-8,11-12H,5-6H2,1-4H3. The number of hydrogen-bond donors (Lipinski definition) is 1. The lowest BCUT2D eigenvalue weighted by molar-refractivity contribution is 0.403. The summed E-state index contributed by atoms with van der Waals surface area (Å²) in [6.07, 6.45) is 1.05. The third-order valence-corrected chi connectivity index (χ3v) is 3.19. The average Bonchev–Trinajstić information content (AvgIpc) is 2.50. The second kappa shape index (κ2) is 5.47. The van der Waals surface area contributed by atoms with E-state index in [0.29, 0.717) is 12.0 Å². The predicted molar refractivity (Wildman–Crippen MR) is 62.9 cm³/mol. The highest BCUT2D eigenvalue weighted by molar-refractivity contribution is 7.09. The Labute approximate surface area is 90.8 Å². The van der Waals surface area contributed by atoms with E-state index in [1.54, 1.807) is 11.3 Å². The Morgan fingerprint density at radius 3 is 2.64 bits per heavy atom. The summed E-state index contributed by atoms with van der Waals surface area (Å²) >= 11 is 1.74. The molecule has 0 saturated carbocycles. The maximum atomic E-state index is 4.49. The van der Waals surface area contributed by atoms with Crippen LogP contribution in [-0.2, 0) is 6.42 Å². The molecule has 0 radical (unpaired) electrons. The highest BCUT2D eigenvalue weighted by atomic mass is 32.1. The van der Waals surface area contributed by atoms with Crippen molar-refractivity contribution in [1.82, 2.24) is 10.3 Å². The van der Waals surface area contributed by atoms with Crippen LogP contribution in [-0.4, -0.2) is 17.6 Å². The molecule has 1 N–H and O–H groups in total. The number of aromatic nitrogens is 1. The van der Waals surface area contributed by atoms with Gasteiger partial charge in [-0.15, -0.1) is 11.3 Å². The van der Waals surface area contributed by atoms with E-state index in [1.165, 1.54) is 10.7 Å². The summed E-state index contributed by atoms with van der Waals surface area (Å²) in [5.74, 6) is 0.664. The Kier molecular flexibility index (Phi) is 4.55. The molecular formula is C11H20N2S. The SMILES string of the molecule is CCNC(Cc1csc(C)n1)C(C)C. The molecule has 0 amide bonds. The second-order valence-electron chi connectivity index (χ2n) is 3.97. The van der Waals surface area contributed by atoms with Crippen molar-refractivity contribution in [2.75, 3.05) is 6.54 Å². The lowest BCUT2D eigenvalue weighted by atomic mass is 10.00. The number of rotatable bonds is 5. The van der Waals surface area contributed by atoms with Crippen LogP contribution in [0.2, 0.25) is 0 Å². The number of thiazole rings is 1. The lowest BCUT2D eigenvalue weighted by Gasteiger charge is -2.20. The van der Waals surface area contributed by atoms with Crippen LogP contribution in [0.4, 0.5) is 0 Å². The molecular weight excluding hydrogens is 192 g/mol. The molecule has 2 nitrogen and oxygen atoms in total. The fourth-order valence-corrected chi connectivity index (χ4v) is 2.16. The van der Waals surface area contributed by atoms with Crippen LogP contribution < -0.4 is 5.32 Å². The topological polar surface area (TPSA) is 24.9 Å². The van der Waals surface area contributed by atoms with Gasteiger partial charge in [-0.2, -0.15) is 0 Å². The van der Waals surface area contributed by atoms with Gasteiger partial charge < -0.3 is 5.32 Å². The van der Waals surface area contributed by atoms with E-state index in [9.17, 15) is 0 Å². The Balaban J connectivity index is 2.55. The summed E-state index contributed by atoms with van der Waals surface area (Å²) in [5.41, 5.74) is 1.23. The third-order valence-electron chi connectivity index (χ3n) is 2.37. The third kappa shape index (κ3) is 3.39. The van der Waals surface area contributed by atoms with Crippen molar-refractivity contribution in [2.24, 2.45) is 5.92 Å². The number of nitrogens with one attached hydrogen (secondary N) is 1. The van der Waals surface area contributed by atoms with E-state index in [1.807, 2.05) is 0 Å². The van der Waals surface area contributed by atoms with E-state index in [-0.39, 0.29) is 0 Å². The first-order valence-corrected chi connectivity index (χ1v) is 6.15. The molecule has 0 aliphatic rings. The summed E-state index contributed by atoms with van der Waals surface area (Å²) in [5, 5.41) is 6.84. The van der Waals surface area contributed by atoms with Crippen LogP contribution in [0.3, 0.4) is 0 Å². The van der Waals surface area contributed by atoms with Crippen LogP contribution in [0.5, 0.6) is 0 Å². The summed E-state index contributed by atoms with van der Waals surface area (Å²) in [6.45, 7) is 9.76. The number of likely N-dealkylation sites (N-methyl/N-ethyl adjacent to an activating group) is 1. The number of nitrogens with zero attached hydrogens (tertiary/aromatic N) is 1. The van der Waals surface area contributed by atoms with Gasteiger partial charge in [0, 0.05) is 17.8 Å². The molecule has 1 unspecified atom stereocenters. The van der Waals surface area contributed by atoms with Gasteiger partial charge >= 0.3 is 0 Å². The Hall–Kier alpha value is -0.410. The minimum atomic E-state index is 0.557. The van der Waals surface area contributed by atoms with Crippen molar-refractivity contribution in [1.29, 1.82) is 0 Å². The van der Waals surface area contributed by atoms with Crippen molar-refractivity contribution >= 4 is 11.3 Å². The van der Waals surface area contributed by atoms with Gasteiger partial charge in [0.05, 0.1) is 10.7 Å². The Morgan fingerprint density at radius 2 is 2.21 bits per heavy atom. The van der Waals surface area contributed by atoms with Gasteiger partial charge in [0.15, 0.2) is 0 Å². The molecule has 0 fully saturated rings. The van der Waals surface area contributed by atoms with E-state index in [4.69, 9.17) is 0 Å². The zero-order chi connectivity index (χ0) is 10.6. The van der Waals surface area contributed by atoms with Gasteiger partial charge in [-0.1, -0.05) is 20.8 Å². The summed E-state index contributed by atoms with van der Waals surface area (Å²) < 4.78 is 0. The molecule has 1 heterocycles. The average molecular weight is 212 g/mol. The monoisotopic (exact) mass is 212 g/mol. The van der Waals surface area contributed by atoms with Crippen LogP contribution >= 0.6 is 11.3 Å². The smallest absolute Gasteiger partial charge is 0.0897 e.